The number of aromatic nitrogens is 3. The SMILES string of the molecule is O=C(Cc1ccc(F)cc1)NC(=S)Nc1ccc(Oc2ccnc3[nH]cnc23)cc1. The van der Waals surface area contributed by atoms with Crippen LogP contribution in [0.25, 0.3) is 11.2 Å². The zero-order chi connectivity index (χ0) is 20.9. The van der Waals surface area contributed by atoms with E-state index in [1.165, 1.54) is 12.1 Å². The fourth-order valence-corrected chi connectivity index (χ4v) is 2.99. The molecule has 9 heteroatoms. The van der Waals surface area contributed by atoms with Gasteiger partial charge in [0.05, 0.1) is 12.7 Å². The number of thiocarbonyl (C=S) groups is 1. The minimum Gasteiger partial charge on any atom is -0.455 e. The number of fused-ring (bicyclic) bond motifs is 1. The summed E-state index contributed by atoms with van der Waals surface area (Å²) in [7, 11) is 0. The maximum Gasteiger partial charge on any atom is 0.230 e. The predicted octanol–water partition coefficient (Wildman–Crippen LogP) is 3.95. The third-order valence-corrected chi connectivity index (χ3v) is 4.36. The predicted molar refractivity (Wildman–Crippen MR) is 115 cm³/mol. The van der Waals surface area contributed by atoms with Gasteiger partial charge in [-0.1, -0.05) is 12.1 Å². The quantitative estimate of drug-likeness (QED) is 0.423. The Bertz CT molecular complexity index is 1190. The third-order valence-electron chi connectivity index (χ3n) is 4.15. The number of aromatic amines is 1. The summed E-state index contributed by atoms with van der Waals surface area (Å²) in [4.78, 5) is 23.4. The molecule has 0 spiro atoms. The topological polar surface area (TPSA) is 91.9 Å². The highest BCUT2D eigenvalue weighted by molar-refractivity contribution is 7.80. The Morgan fingerprint density at radius 1 is 1.07 bits per heavy atom. The molecule has 0 aliphatic carbocycles. The molecular formula is C21H16FN5O2S. The largest absolute Gasteiger partial charge is 0.455 e. The van der Waals surface area contributed by atoms with Crippen molar-refractivity contribution < 1.29 is 13.9 Å². The molecule has 0 fully saturated rings. The second-order valence-electron chi connectivity index (χ2n) is 6.34. The first-order valence-corrected chi connectivity index (χ1v) is 9.39. The monoisotopic (exact) mass is 421 g/mol. The number of amides is 1. The molecule has 0 saturated heterocycles. The van der Waals surface area contributed by atoms with Crippen molar-refractivity contribution in [3.63, 3.8) is 0 Å². The van der Waals surface area contributed by atoms with Gasteiger partial charge in [0.1, 0.15) is 17.1 Å². The lowest BCUT2D eigenvalue weighted by molar-refractivity contribution is -0.119. The van der Waals surface area contributed by atoms with E-state index in [1.54, 1.807) is 55.0 Å². The lowest BCUT2D eigenvalue weighted by Gasteiger charge is -2.11. The van der Waals surface area contributed by atoms with E-state index in [0.717, 1.165) is 0 Å². The highest BCUT2D eigenvalue weighted by Crippen LogP contribution is 2.27. The lowest BCUT2D eigenvalue weighted by Crippen LogP contribution is -2.35. The molecule has 0 saturated carbocycles. The van der Waals surface area contributed by atoms with E-state index in [-0.39, 0.29) is 23.3 Å². The number of halogens is 1. The summed E-state index contributed by atoms with van der Waals surface area (Å²) in [6, 6.07) is 14.6. The molecule has 0 atom stereocenters. The maximum atomic E-state index is 12.9. The average molecular weight is 421 g/mol. The van der Waals surface area contributed by atoms with Crippen LogP contribution in [-0.2, 0) is 11.2 Å². The van der Waals surface area contributed by atoms with Gasteiger partial charge in [0.2, 0.25) is 5.91 Å². The summed E-state index contributed by atoms with van der Waals surface area (Å²) in [6.07, 6.45) is 3.30. The number of ether oxygens (including phenoxy) is 1. The van der Waals surface area contributed by atoms with Crippen LogP contribution in [0.1, 0.15) is 5.56 Å². The number of nitrogens with zero attached hydrogens (tertiary/aromatic N) is 2. The Hall–Kier alpha value is -3.85. The number of carbonyl (C=O) groups is 1. The van der Waals surface area contributed by atoms with Gasteiger partial charge in [-0.2, -0.15) is 0 Å². The number of pyridine rings is 1. The smallest absolute Gasteiger partial charge is 0.230 e. The van der Waals surface area contributed by atoms with Gasteiger partial charge in [-0.15, -0.1) is 0 Å². The lowest BCUT2D eigenvalue weighted by atomic mass is 10.1. The molecule has 0 aliphatic heterocycles. The molecule has 3 N–H and O–H groups in total. The fraction of sp³-hybridized carbons (Fsp3) is 0.0476. The first-order valence-electron chi connectivity index (χ1n) is 8.98. The van der Waals surface area contributed by atoms with E-state index in [4.69, 9.17) is 17.0 Å². The zero-order valence-corrected chi connectivity index (χ0v) is 16.4. The van der Waals surface area contributed by atoms with Crippen molar-refractivity contribution in [1.29, 1.82) is 0 Å². The van der Waals surface area contributed by atoms with Gasteiger partial charge < -0.3 is 20.4 Å². The molecule has 2 aromatic carbocycles. The molecule has 0 radical (unpaired) electrons. The molecule has 7 nitrogen and oxygen atoms in total. The van der Waals surface area contributed by atoms with Crippen molar-refractivity contribution in [2.45, 2.75) is 6.42 Å². The van der Waals surface area contributed by atoms with Crippen LogP contribution in [0, 0.1) is 5.82 Å². The van der Waals surface area contributed by atoms with E-state index in [0.29, 0.717) is 33.9 Å². The molecule has 2 aromatic heterocycles. The van der Waals surface area contributed by atoms with Crippen molar-refractivity contribution in [2.24, 2.45) is 0 Å². The molecule has 30 heavy (non-hydrogen) atoms. The Morgan fingerprint density at radius 3 is 2.60 bits per heavy atom. The molecule has 150 valence electrons. The van der Waals surface area contributed by atoms with Crippen molar-refractivity contribution in [3.8, 4) is 11.5 Å². The zero-order valence-electron chi connectivity index (χ0n) is 15.6. The molecule has 2 heterocycles. The standard InChI is InChI=1S/C21H16FN5O2S/c22-14-3-1-13(2-4-14)11-18(28)27-21(30)26-15-5-7-16(8-6-15)29-17-9-10-23-20-19(17)24-12-25-20/h1-10,12H,11H2,(H,23,24,25)(H2,26,27,28,30). The van der Waals surface area contributed by atoms with Gasteiger partial charge in [0.25, 0.3) is 0 Å². The van der Waals surface area contributed by atoms with Crippen molar-refractivity contribution >= 4 is 40.1 Å². The van der Waals surface area contributed by atoms with Crippen LogP contribution in [0.2, 0.25) is 0 Å². The number of hydrogen-bond donors (Lipinski definition) is 3. The Kier molecular flexibility index (Phi) is 5.62. The van der Waals surface area contributed by atoms with Gasteiger partial charge in [0.15, 0.2) is 16.5 Å². The average Bonchev–Trinajstić information content (AvgIpc) is 3.21. The summed E-state index contributed by atoms with van der Waals surface area (Å²) in [5.74, 6) is 0.564. The molecule has 0 bridgehead atoms. The number of benzene rings is 2. The van der Waals surface area contributed by atoms with E-state index < -0.39 is 0 Å². The number of H-pyrrole nitrogens is 1. The van der Waals surface area contributed by atoms with E-state index >= 15 is 0 Å². The molecule has 4 aromatic rings. The van der Waals surface area contributed by atoms with Crippen LogP contribution in [0.15, 0.2) is 67.1 Å². The maximum absolute atomic E-state index is 12.9. The van der Waals surface area contributed by atoms with Crippen LogP contribution in [0.4, 0.5) is 10.1 Å². The summed E-state index contributed by atoms with van der Waals surface area (Å²) in [5, 5.41) is 5.71. The summed E-state index contributed by atoms with van der Waals surface area (Å²) < 4.78 is 18.8. The van der Waals surface area contributed by atoms with Gasteiger partial charge in [-0.25, -0.2) is 14.4 Å². The normalized spacial score (nSPS) is 10.6. The second-order valence-corrected chi connectivity index (χ2v) is 6.75. The minimum atomic E-state index is -0.346. The van der Waals surface area contributed by atoms with Crippen LogP contribution in [-0.4, -0.2) is 26.0 Å². The molecular weight excluding hydrogens is 405 g/mol. The van der Waals surface area contributed by atoms with Gasteiger partial charge in [-0.05, 0) is 54.2 Å². The number of rotatable bonds is 5. The summed E-state index contributed by atoms with van der Waals surface area (Å²) in [5.41, 5.74) is 2.67. The van der Waals surface area contributed by atoms with Crippen molar-refractivity contribution in [1.82, 2.24) is 20.3 Å². The molecule has 4 rings (SSSR count). The van der Waals surface area contributed by atoms with Crippen LogP contribution in [0.3, 0.4) is 0 Å². The number of hydrogen-bond acceptors (Lipinski definition) is 5. The van der Waals surface area contributed by atoms with Gasteiger partial charge >= 0.3 is 0 Å². The summed E-state index contributed by atoms with van der Waals surface area (Å²) >= 11 is 5.18. The van der Waals surface area contributed by atoms with Crippen molar-refractivity contribution in [3.05, 3.63) is 78.5 Å². The van der Waals surface area contributed by atoms with Gasteiger partial charge in [-0.3, -0.25) is 4.79 Å². The first-order chi connectivity index (χ1) is 14.6. The number of imidazole rings is 1. The first kappa shape index (κ1) is 19.5. The molecule has 0 unspecified atom stereocenters. The number of anilines is 1. The summed E-state index contributed by atoms with van der Waals surface area (Å²) in [6.45, 7) is 0. The van der Waals surface area contributed by atoms with Crippen LogP contribution < -0.4 is 15.4 Å². The van der Waals surface area contributed by atoms with Crippen LogP contribution in [0.5, 0.6) is 11.5 Å². The fourth-order valence-electron chi connectivity index (χ4n) is 2.76. The minimum absolute atomic E-state index is 0.0997. The number of nitrogens with one attached hydrogen (secondary N) is 3. The second kappa shape index (κ2) is 8.66. The van der Waals surface area contributed by atoms with E-state index in [9.17, 15) is 9.18 Å². The number of carbonyl (C=O) groups excluding carboxylic acids is 1. The van der Waals surface area contributed by atoms with Gasteiger partial charge in [0, 0.05) is 18.0 Å². The van der Waals surface area contributed by atoms with Crippen molar-refractivity contribution in [2.75, 3.05) is 5.32 Å². The molecule has 1 amide bonds. The third kappa shape index (κ3) is 4.76. The Morgan fingerprint density at radius 2 is 1.83 bits per heavy atom. The Balaban J connectivity index is 1.32. The Labute approximate surface area is 176 Å². The van der Waals surface area contributed by atoms with E-state index in [2.05, 4.69) is 25.6 Å². The highest BCUT2D eigenvalue weighted by atomic mass is 32.1. The van der Waals surface area contributed by atoms with E-state index in [1.807, 2.05) is 0 Å². The molecule has 0 aliphatic rings. The van der Waals surface area contributed by atoms with Crippen LogP contribution >= 0.6 is 12.2 Å². The highest BCUT2D eigenvalue weighted by Gasteiger charge is 2.08.